The third-order valence-electron chi connectivity index (χ3n) is 4.28. The molecule has 1 fully saturated rings. The molecule has 1 aliphatic heterocycles. The Labute approximate surface area is 150 Å². The van der Waals surface area contributed by atoms with E-state index in [1.54, 1.807) is 12.1 Å². The minimum absolute atomic E-state index is 0.244. The summed E-state index contributed by atoms with van der Waals surface area (Å²) >= 11 is 1.02. The molecule has 0 spiro atoms. The molecule has 1 aromatic carbocycles. The first kappa shape index (κ1) is 17.5. The summed E-state index contributed by atoms with van der Waals surface area (Å²) in [6, 6.07) is 9.45. The van der Waals surface area contributed by atoms with Gasteiger partial charge in [0.1, 0.15) is 5.75 Å². The van der Waals surface area contributed by atoms with Crippen LogP contribution in [0.3, 0.4) is 0 Å². The van der Waals surface area contributed by atoms with Crippen molar-refractivity contribution < 1.29 is 14.7 Å². The van der Waals surface area contributed by atoms with Crippen LogP contribution in [0, 0.1) is 0 Å². The molecular formula is C19H20N2O3S. The number of aromatic nitrogens is 1. The van der Waals surface area contributed by atoms with Gasteiger partial charge in [0.25, 0.3) is 5.24 Å². The van der Waals surface area contributed by atoms with E-state index < -0.39 is 5.25 Å². The number of rotatable bonds is 6. The van der Waals surface area contributed by atoms with Gasteiger partial charge in [0, 0.05) is 11.9 Å². The Balaban J connectivity index is 1.66. The molecule has 2 aromatic rings. The maximum atomic E-state index is 11.7. The van der Waals surface area contributed by atoms with Gasteiger partial charge in [-0.15, -0.1) is 0 Å². The Hall–Kier alpha value is -2.34. The van der Waals surface area contributed by atoms with E-state index >= 15 is 0 Å². The Morgan fingerprint density at radius 2 is 1.96 bits per heavy atom. The number of carbonyl (C=O) groups excluding carboxylic acids is 2. The van der Waals surface area contributed by atoms with Crippen molar-refractivity contribution in [1.82, 2.24) is 10.3 Å². The fourth-order valence-electron chi connectivity index (χ4n) is 2.78. The van der Waals surface area contributed by atoms with E-state index in [0.29, 0.717) is 12.8 Å². The van der Waals surface area contributed by atoms with Gasteiger partial charge in [-0.3, -0.25) is 19.9 Å². The molecule has 3 rings (SSSR count). The highest BCUT2D eigenvalue weighted by Crippen LogP contribution is 2.26. The topological polar surface area (TPSA) is 79.3 Å². The lowest BCUT2D eigenvalue weighted by Gasteiger charge is -2.10. The van der Waals surface area contributed by atoms with Crippen LogP contribution in [-0.2, 0) is 30.5 Å². The van der Waals surface area contributed by atoms with Crippen LogP contribution < -0.4 is 5.32 Å². The summed E-state index contributed by atoms with van der Waals surface area (Å²) in [4.78, 5) is 27.4. The summed E-state index contributed by atoms with van der Waals surface area (Å²) in [6.07, 6.45) is 4.72. The van der Waals surface area contributed by atoms with Crippen LogP contribution in [0.5, 0.6) is 5.75 Å². The number of aromatic hydroxyl groups is 1. The van der Waals surface area contributed by atoms with Crippen LogP contribution in [-0.4, -0.2) is 26.5 Å². The molecule has 1 saturated heterocycles. The third kappa shape index (κ3) is 4.39. The van der Waals surface area contributed by atoms with Gasteiger partial charge in [0.2, 0.25) is 5.91 Å². The van der Waals surface area contributed by atoms with E-state index in [2.05, 4.69) is 23.3 Å². The summed E-state index contributed by atoms with van der Waals surface area (Å²) in [5.74, 6) is -0.00151. The third-order valence-corrected chi connectivity index (χ3v) is 5.26. The molecule has 130 valence electrons. The fourth-order valence-corrected chi connectivity index (χ4v) is 3.64. The normalized spacial score (nSPS) is 16.9. The molecule has 0 aliphatic carbocycles. The summed E-state index contributed by atoms with van der Waals surface area (Å²) in [5.41, 5.74) is 3.95. The van der Waals surface area contributed by atoms with Gasteiger partial charge < -0.3 is 5.11 Å². The Bertz CT molecular complexity index is 790. The number of pyridine rings is 1. The van der Waals surface area contributed by atoms with E-state index in [1.807, 2.05) is 18.3 Å². The Morgan fingerprint density at radius 1 is 1.16 bits per heavy atom. The molecule has 1 aromatic heterocycles. The van der Waals surface area contributed by atoms with Crippen molar-refractivity contribution in [2.45, 2.75) is 37.9 Å². The van der Waals surface area contributed by atoms with Gasteiger partial charge in [-0.05, 0) is 54.5 Å². The molecule has 2 amide bonds. The van der Waals surface area contributed by atoms with Crippen LogP contribution >= 0.6 is 11.8 Å². The van der Waals surface area contributed by atoms with Crippen LogP contribution in [0.25, 0.3) is 0 Å². The minimum atomic E-state index is -0.395. The van der Waals surface area contributed by atoms with E-state index in [1.165, 1.54) is 5.56 Å². The van der Waals surface area contributed by atoms with Crippen molar-refractivity contribution in [2.24, 2.45) is 0 Å². The van der Waals surface area contributed by atoms with Crippen molar-refractivity contribution in [3.05, 3.63) is 58.9 Å². The van der Waals surface area contributed by atoms with E-state index in [-0.39, 0.29) is 16.9 Å². The molecule has 1 atom stereocenters. The molecule has 1 unspecified atom stereocenters. The molecule has 2 heterocycles. The number of imide groups is 1. The van der Waals surface area contributed by atoms with Gasteiger partial charge in [-0.2, -0.15) is 0 Å². The van der Waals surface area contributed by atoms with Gasteiger partial charge >= 0.3 is 0 Å². The van der Waals surface area contributed by atoms with E-state index in [4.69, 9.17) is 0 Å². The largest absolute Gasteiger partial charge is 0.508 e. The van der Waals surface area contributed by atoms with Crippen LogP contribution in [0.2, 0.25) is 0 Å². The van der Waals surface area contributed by atoms with Crippen molar-refractivity contribution in [3.8, 4) is 5.75 Å². The van der Waals surface area contributed by atoms with Crippen molar-refractivity contribution in [2.75, 3.05) is 0 Å². The van der Waals surface area contributed by atoms with Crippen molar-refractivity contribution in [1.29, 1.82) is 0 Å². The number of nitrogens with one attached hydrogen (secondary N) is 1. The fraction of sp³-hybridized carbons (Fsp3) is 0.316. The molecule has 6 heteroatoms. The maximum absolute atomic E-state index is 11.7. The standard InChI is InChI=1S/C19H20N2O3S/c1-2-12-3-6-15(20-11-12)7-5-14-9-13(4-8-16(14)22)10-17-18(23)21-19(24)25-17/h3-4,6,8-9,11,17,22H,2,5,7,10H2,1H3,(H,21,23,24). The molecular weight excluding hydrogens is 336 g/mol. The summed E-state index contributed by atoms with van der Waals surface area (Å²) < 4.78 is 0. The lowest BCUT2D eigenvalue weighted by Crippen LogP contribution is -2.25. The van der Waals surface area contributed by atoms with E-state index in [0.717, 1.165) is 41.4 Å². The number of hydrogen-bond acceptors (Lipinski definition) is 5. The van der Waals surface area contributed by atoms with Gasteiger partial charge in [0.15, 0.2) is 0 Å². The Kier molecular flexibility index (Phi) is 5.38. The average molecular weight is 356 g/mol. The van der Waals surface area contributed by atoms with Crippen molar-refractivity contribution in [3.63, 3.8) is 0 Å². The monoisotopic (exact) mass is 356 g/mol. The number of phenolic OH excluding ortho intramolecular Hbond substituents is 1. The van der Waals surface area contributed by atoms with Gasteiger partial charge in [-0.1, -0.05) is 36.9 Å². The SMILES string of the molecule is CCc1ccc(CCc2cc(CC3SC(=O)NC3=O)ccc2O)nc1. The number of thioether (sulfide) groups is 1. The van der Waals surface area contributed by atoms with Crippen LogP contribution in [0.4, 0.5) is 4.79 Å². The Morgan fingerprint density at radius 3 is 2.60 bits per heavy atom. The quantitative estimate of drug-likeness (QED) is 0.832. The molecule has 2 N–H and O–H groups in total. The predicted octanol–water partition coefficient (Wildman–Crippen LogP) is 3.03. The first-order chi connectivity index (χ1) is 12.0. The first-order valence-corrected chi connectivity index (χ1v) is 9.19. The zero-order chi connectivity index (χ0) is 17.8. The number of benzene rings is 1. The lowest BCUT2D eigenvalue weighted by atomic mass is 10.0. The molecule has 5 nitrogen and oxygen atoms in total. The number of nitrogens with zero attached hydrogens (tertiary/aromatic N) is 1. The smallest absolute Gasteiger partial charge is 0.286 e. The molecule has 0 radical (unpaired) electrons. The van der Waals surface area contributed by atoms with Crippen LogP contribution in [0.1, 0.15) is 29.3 Å². The highest BCUT2D eigenvalue weighted by Gasteiger charge is 2.31. The van der Waals surface area contributed by atoms with Crippen molar-refractivity contribution >= 4 is 22.9 Å². The minimum Gasteiger partial charge on any atom is -0.508 e. The number of phenols is 1. The predicted molar refractivity (Wildman–Crippen MR) is 97.8 cm³/mol. The van der Waals surface area contributed by atoms with E-state index in [9.17, 15) is 14.7 Å². The summed E-state index contributed by atoms with van der Waals surface area (Å²) in [5, 5.41) is 11.7. The summed E-state index contributed by atoms with van der Waals surface area (Å²) in [6.45, 7) is 2.09. The number of aryl methyl sites for hydroxylation is 3. The number of amides is 2. The molecule has 0 bridgehead atoms. The van der Waals surface area contributed by atoms with Gasteiger partial charge in [-0.25, -0.2) is 0 Å². The molecule has 1 aliphatic rings. The zero-order valence-corrected chi connectivity index (χ0v) is 14.8. The van der Waals surface area contributed by atoms with Crippen LogP contribution in [0.15, 0.2) is 36.5 Å². The maximum Gasteiger partial charge on any atom is 0.286 e. The lowest BCUT2D eigenvalue weighted by molar-refractivity contribution is -0.118. The first-order valence-electron chi connectivity index (χ1n) is 8.31. The molecule has 0 saturated carbocycles. The summed E-state index contributed by atoms with van der Waals surface area (Å²) in [7, 11) is 0. The highest BCUT2D eigenvalue weighted by molar-refractivity contribution is 8.15. The second-order valence-corrected chi connectivity index (χ2v) is 7.24. The second-order valence-electron chi connectivity index (χ2n) is 6.06. The number of carbonyl (C=O) groups is 2. The molecule has 25 heavy (non-hydrogen) atoms. The van der Waals surface area contributed by atoms with Gasteiger partial charge in [0.05, 0.1) is 5.25 Å². The zero-order valence-electron chi connectivity index (χ0n) is 14.0. The number of hydrogen-bond donors (Lipinski definition) is 2. The second kappa shape index (κ2) is 7.70. The highest BCUT2D eigenvalue weighted by atomic mass is 32.2. The average Bonchev–Trinajstić information content (AvgIpc) is 2.93.